The van der Waals surface area contributed by atoms with Crippen molar-refractivity contribution in [1.82, 2.24) is 10.3 Å². The van der Waals surface area contributed by atoms with Crippen molar-refractivity contribution >= 4 is 23.3 Å². The van der Waals surface area contributed by atoms with Gasteiger partial charge < -0.3 is 20.7 Å². The third kappa shape index (κ3) is 4.54. The van der Waals surface area contributed by atoms with E-state index in [1.54, 1.807) is 6.92 Å². The molecule has 0 saturated heterocycles. The molecule has 0 fully saturated rings. The fourth-order valence-electron chi connectivity index (χ4n) is 1.87. The van der Waals surface area contributed by atoms with Crippen LogP contribution in [0.4, 0.5) is 14.9 Å². The quantitative estimate of drug-likeness (QED) is 0.688. The van der Waals surface area contributed by atoms with Gasteiger partial charge in [0.05, 0.1) is 16.8 Å². The van der Waals surface area contributed by atoms with E-state index >= 15 is 0 Å². The Kier molecular flexibility index (Phi) is 5.36. The van der Waals surface area contributed by atoms with Crippen LogP contribution < -0.4 is 16.2 Å². The third-order valence-corrected chi connectivity index (χ3v) is 3.44. The molecule has 1 aromatic heterocycles. The predicted molar refractivity (Wildman–Crippen MR) is 85.2 cm³/mol. The molecule has 6 nitrogen and oxygen atoms in total. The minimum absolute atomic E-state index is 0.0416. The van der Waals surface area contributed by atoms with Crippen molar-refractivity contribution < 1.29 is 14.3 Å². The van der Waals surface area contributed by atoms with E-state index < -0.39 is 18.0 Å². The molecule has 4 N–H and O–H groups in total. The molecular formula is C15H15ClFN3O3. The largest absolute Gasteiger partial charge is 0.387 e. The molecule has 23 heavy (non-hydrogen) atoms. The van der Waals surface area contributed by atoms with E-state index in [-0.39, 0.29) is 17.1 Å². The molecule has 0 aliphatic carbocycles. The highest BCUT2D eigenvalue weighted by Crippen LogP contribution is 2.19. The van der Waals surface area contributed by atoms with Crippen molar-refractivity contribution in [2.75, 3.05) is 11.9 Å². The number of hydrogen-bond donors (Lipinski definition) is 4. The number of urea groups is 1. The number of benzene rings is 1. The second-order valence-electron chi connectivity index (χ2n) is 4.92. The van der Waals surface area contributed by atoms with Gasteiger partial charge in [-0.25, -0.2) is 9.18 Å². The number of aliphatic hydroxyl groups is 1. The number of hydrogen-bond acceptors (Lipinski definition) is 3. The summed E-state index contributed by atoms with van der Waals surface area (Å²) in [5, 5.41) is 14.9. The zero-order valence-electron chi connectivity index (χ0n) is 12.2. The number of carbonyl (C=O) groups is 1. The highest BCUT2D eigenvalue weighted by molar-refractivity contribution is 6.30. The van der Waals surface area contributed by atoms with E-state index in [0.29, 0.717) is 16.8 Å². The van der Waals surface area contributed by atoms with E-state index in [2.05, 4.69) is 15.6 Å². The van der Waals surface area contributed by atoms with Gasteiger partial charge in [0.25, 0.3) is 5.56 Å². The van der Waals surface area contributed by atoms with Crippen LogP contribution in [0.2, 0.25) is 5.02 Å². The molecule has 0 radical (unpaired) electrons. The minimum Gasteiger partial charge on any atom is -0.387 e. The van der Waals surface area contributed by atoms with Gasteiger partial charge in [0.1, 0.15) is 5.82 Å². The molecule has 1 atom stereocenters. The van der Waals surface area contributed by atoms with E-state index in [1.807, 2.05) is 0 Å². The highest BCUT2D eigenvalue weighted by atomic mass is 35.5. The number of carbonyl (C=O) groups excluding carboxylic acids is 1. The molecule has 8 heteroatoms. The molecule has 2 aromatic rings. The molecular weight excluding hydrogens is 325 g/mol. The van der Waals surface area contributed by atoms with Crippen molar-refractivity contribution in [3.8, 4) is 0 Å². The second-order valence-corrected chi connectivity index (χ2v) is 5.33. The molecule has 2 rings (SSSR count). The number of aliphatic hydroxyl groups excluding tert-OH is 1. The SMILES string of the molecule is Cc1cc(NC(=O)NCC(O)c2ccc(Cl)c(F)c2)c[nH]c1=O. The molecule has 0 saturated carbocycles. The summed E-state index contributed by atoms with van der Waals surface area (Å²) < 4.78 is 13.3. The average Bonchev–Trinajstić information content (AvgIpc) is 2.51. The lowest BCUT2D eigenvalue weighted by Gasteiger charge is -2.13. The van der Waals surface area contributed by atoms with Gasteiger partial charge >= 0.3 is 6.03 Å². The number of pyridine rings is 1. The van der Waals surface area contributed by atoms with Gasteiger partial charge in [0.2, 0.25) is 0 Å². The maximum atomic E-state index is 13.3. The summed E-state index contributed by atoms with van der Waals surface area (Å²) in [5.41, 5.74) is 0.925. The lowest BCUT2D eigenvalue weighted by molar-refractivity contribution is 0.174. The summed E-state index contributed by atoms with van der Waals surface area (Å²) in [6, 6.07) is 4.87. The Morgan fingerprint density at radius 2 is 2.17 bits per heavy atom. The van der Waals surface area contributed by atoms with Gasteiger partial charge in [0.15, 0.2) is 0 Å². The van der Waals surface area contributed by atoms with Crippen LogP contribution in [0.3, 0.4) is 0 Å². The van der Waals surface area contributed by atoms with Gasteiger partial charge in [-0.05, 0) is 30.7 Å². The Hall–Kier alpha value is -2.38. The van der Waals surface area contributed by atoms with Gasteiger partial charge in [0, 0.05) is 18.3 Å². The number of amides is 2. The zero-order valence-corrected chi connectivity index (χ0v) is 12.9. The van der Waals surface area contributed by atoms with Crippen molar-refractivity contribution in [1.29, 1.82) is 0 Å². The predicted octanol–water partition coefficient (Wildman–Crippen LogP) is 2.33. The maximum Gasteiger partial charge on any atom is 0.319 e. The van der Waals surface area contributed by atoms with Crippen LogP contribution in [0.15, 0.2) is 35.3 Å². The molecule has 1 unspecified atom stereocenters. The maximum absolute atomic E-state index is 13.3. The smallest absolute Gasteiger partial charge is 0.319 e. The summed E-state index contributed by atoms with van der Waals surface area (Å²) in [7, 11) is 0. The summed E-state index contributed by atoms with van der Waals surface area (Å²) in [4.78, 5) is 25.4. The number of rotatable bonds is 4. The highest BCUT2D eigenvalue weighted by Gasteiger charge is 2.12. The Labute approximate surface area is 136 Å². The normalized spacial score (nSPS) is 11.8. The van der Waals surface area contributed by atoms with Gasteiger partial charge in [-0.15, -0.1) is 0 Å². The molecule has 1 aromatic carbocycles. The van der Waals surface area contributed by atoms with Crippen molar-refractivity contribution in [2.45, 2.75) is 13.0 Å². The fraction of sp³-hybridized carbons (Fsp3) is 0.200. The van der Waals surface area contributed by atoms with Crippen LogP contribution in [0.25, 0.3) is 0 Å². The molecule has 0 bridgehead atoms. The van der Waals surface area contributed by atoms with Gasteiger partial charge in [-0.2, -0.15) is 0 Å². The number of halogens is 2. The summed E-state index contributed by atoms with van der Waals surface area (Å²) >= 11 is 5.57. The van der Waals surface area contributed by atoms with Crippen molar-refractivity contribution in [2.24, 2.45) is 0 Å². The second kappa shape index (κ2) is 7.26. The Morgan fingerprint density at radius 1 is 1.43 bits per heavy atom. The first-order valence-electron chi connectivity index (χ1n) is 6.74. The minimum atomic E-state index is -1.08. The molecule has 0 spiro atoms. The Balaban J connectivity index is 1.91. The molecule has 122 valence electrons. The van der Waals surface area contributed by atoms with Gasteiger partial charge in [-0.1, -0.05) is 17.7 Å². The number of anilines is 1. The van der Waals surface area contributed by atoms with Crippen LogP contribution in [0, 0.1) is 12.7 Å². The first kappa shape index (κ1) is 17.0. The average molecular weight is 340 g/mol. The molecule has 2 amide bonds. The zero-order chi connectivity index (χ0) is 17.0. The van der Waals surface area contributed by atoms with E-state index in [1.165, 1.54) is 24.4 Å². The Bertz CT molecular complexity index is 779. The first-order valence-corrected chi connectivity index (χ1v) is 7.12. The van der Waals surface area contributed by atoms with Crippen molar-refractivity contribution in [3.63, 3.8) is 0 Å². The van der Waals surface area contributed by atoms with Crippen LogP contribution in [0.5, 0.6) is 0 Å². The van der Waals surface area contributed by atoms with Crippen LogP contribution in [0.1, 0.15) is 17.2 Å². The van der Waals surface area contributed by atoms with Crippen LogP contribution >= 0.6 is 11.6 Å². The lowest BCUT2D eigenvalue weighted by Crippen LogP contribution is -2.32. The topological polar surface area (TPSA) is 94.2 Å². The summed E-state index contributed by atoms with van der Waals surface area (Å²) in [5.74, 6) is -0.642. The third-order valence-electron chi connectivity index (χ3n) is 3.13. The first-order chi connectivity index (χ1) is 10.9. The Morgan fingerprint density at radius 3 is 2.83 bits per heavy atom. The monoisotopic (exact) mass is 339 g/mol. The van der Waals surface area contributed by atoms with Crippen LogP contribution in [-0.2, 0) is 0 Å². The fourth-order valence-corrected chi connectivity index (χ4v) is 1.99. The van der Waals surface area contributed by atoms with Crippen LogP contribution in [-0.4, -0.2) is 22.7 Å². The summed E-state index contributed by atoms with van der Waals surface area (Å²) in [6.07, 6.45) is 0.282. The lowest BCUT2D eigenvalue weighted by atomic mass is 10.1. The van der Waals surface area contributed by atoms with E-state index in [4.69, 9.17) is 11.6 Å². The number of aromatic amines is 1. The number of aryl methyl sites for hydroxylation is 1. The number of H-pyrrole nitrogens is 1. The van der Waals surface area contributed by atoms with Crippen molar-refractivity contribution in [3.05, 3.63) is 62.8 Å². The molecule has 0 aliphatic heterocycles. The molecule has 0 aliphatic rings. The summed E-state index contributed by atoms with van der Waals surface area (Å²) in [6.45, 7) is 1.50. The number of aromatic nitrogens is 1. The van der Waals surface area contributed by atoms with Gasteiger partial charge in [-0.3, -0.25) is 4.79 Å². The molecule has 1 heterocycles. The van der Waals surface area contributed by atoms with E-state index in [0.717, 1.165) is 6.07 Å². The van der Waals surface area contributed by atoms with E-state index in [9.17, 15) is 19.1 Å². The number of nitrogens with one attached hydrogen (secondary N) is 3. The standard InChI is InChI=1S/C15H15ClFN3O3/c1-8-4-10(6-18-14(8)22)20-15(23)19-7-13(21)9-2-3-11(16)12(17)5-9/h2-6,13,21H,7H2,1H3,(H,18,22)(H2,19,20,23).